The number of hydrogen-bond acceptors (Lipinski definition) is 2. The number of halogens is 3. The van der Waals surface area contributed by atoms with Crippen molar-refractivity contribution >= 4 is 191 Å². The van der Waals surface area contributed by atoms with Gasteiger partial charge < -0.3 is 38.3 Å². The van der Waals surface area contributed by atoms with Crippen LogP contribution in [0.3, 0.4) is 0 Å². The zero-order valence-corrected chi connectivity index (χ0v) is 58.2. The van der Waals surface area contributed by atoms with E-state index in [1.807, 2.05) is 18.2 Å². The summed E-state index contributed by atoms with van der Waals surface area (Å²) in [6.07, 6.45) is 0. The van der Waals surface area contributed by atoms with Gasteiger partial charge in [-0.2, -0.15) is 0 Å². The Labute approximate surface area is 587 Å². The standard InChI is InChI=1S/C43H28BrN.C42H26BrNO2.CH3.BrH.Mg/c1-43(2)36-22-25(44)20-21-29(36)34-23-35-38(24-37(34)43)45(26-12-4-3-5-13-26)42-40(35)33-19-11-10-18-32(33)39-30-16-8-6-14-27(30)28-15-7-9-17-31(28)41(39)42;1-46-42(45)35-24-26(43)20-21-28(35)25-19-22-37-36(23-25)39-34-18-10-9-17-33(34)38-31-15-7-5-13-29(31)30-14-6-8-16-32(30)40(38)41(39)44(37)27-11-3-2-4-12-27;;;/h3-24H,1-2H3;2-24H,1H3;1H3;1H;/q;;-1;;+2/p-1. The Morgan fingerprint density at radius 3 is 1.17 bits per heavy atom. The maximum atomic E-state index is 12.9. The van der Waals surface area contributed by atoms with E-state index in [1.165, 1.54) is 154 Å². The Bertz CT molecular complexity index is 6210. The zero-order chi connectivity index (χ0) is 61.0. The number of aromatic nitrogens is 2. The van der Waals surface area contributed by atoms with Crippen molar-refractivity contribution in [1.82, 2.24) is 9.13 Å². The van der Waals surface area contributed by atoms with Crippen LogP contribution < -0.4 is 17.0 Å². The first-order valence-corrected chi connectivity index (χ1v) is 32.5. The van der Waals surface area contributed by atoms with Crippen LogP contribution in [0.1, 0.15) is 35.3 Å². The number of hydrogen-bond donors (Lipinski definition) is 0. The number of carbonyl (C=O) groups excluding carboxylic acids is 1. The van der Waals surface area contributed by atoms with E-state index >= 15 is 0 Å². The topological polar surface area (TPSA) is 36.2 Å². The van der Waals surface area contributed by atoms with Crippen LogP contribution in [0.4, 0.5) is 0 Å². The third-order valence-corrected chi connectivity index (χ3v) is 20.7. The molecule has 4 nitrogen and oxygen atoms in total. The van der Waals surface area contributed by atoms with Crippen LogP contribution in [0.15, 0.2) is 282 Å². The normalized spacial score (nSPS) is 12.4. The minimum absolute atomic E-state index is 0. The molecule has 0 radical (unpaired) electrons. The van der Waals surface area contributed by atoms with E-state index in [2.05, 4.69) is 310 Å². The molecule has 0 amide bonds. The third-order valence-electron chi connectivity index (χ3n) is 19.7. The van der Waals surface area contributed by atoms with E-state index < -0.39 is 0 Å². The molecule has 446 valence electrons. The van der Waals surface area contributed by atoms with Crippen molar-refractivity contribution in [3.63, 3.8) is 0 Å². The Kier molecular flexibility index (Phi) is 15.2. The van der Waals surface area contributed by atoms with Crippen LogP contribution >= 0.6 is 31.9 Å². The summed E-state index contributed by atoms with van der Waals surface area (Å²) >= 11 is 7.30. The van der Waals surface area contributed by atoms with Crippen LogP contribution in [-0.2, 0) is 10.2 Å². The van der Waals surface area contributed by atoms with E-state index in [9.17, 15) is 4.79 Å². The quantitative estimate of drug-likeness (QED) is 0.0762. The molecule has 1 aliphatic rings. The second-order valence-corrected chi connectivity index (χ2v) is 26.5. The van der Waals surface area contributed by atoms with Gasteiger partial charge in [0.05, 0.1) is 34.7 Å². The van der Waals surface area contributed by atoms with Crippen LogP contribution in [-0.4, -0.2) is 45.3 Å². The van der Waals surface area contributed by atoms with E-state index in [0.717, 1.165) is 36.7 Å². The fourth-order valence-electron chi connectivity index (χ4n) is 15.9. The molecule has 2 heterocycles. The molecule has 0 unspecified atom stereocenters. The summed E-state index contributed by atoms with van der Waals surface area (Å²) in [5.74, 6) is -0.363. The summed E-state index contributed by atoms with van der Waals surface area (Å²) in [5, 5.41) is 25.3. The summed E-state index contributed by atoms with van der Waals surface area (Å²) in [6, 6.07) is 99.1. The van der Waals surface area contributed by atoms with E-state index in [-0.39, 0.29) is 58.8 Å². The number of para-hydroxylation sites is 2. The number of carbonyl (C=O) groups is 1. The van der Waals surface area contributed by atoms with E-state index in [0.29, 0.717) is 5.56 Å². The number of fused-ring (bicyclic) bond motifs is 29. The Morgan fingerprint density at radius 2 is 0.713 bits per heavy atom. The first-order valence-electron chi connectivity index (χ1n) is 30.9. The molecule has 0 atom stereocenters. The van der Waals surface area contributed by atoms with Crippen molar-refractivity contribution in [3.05, 3.63) is 306 Å². The number of esters is 1. The number of nitrogens with zero attached hydrogens (tertiary/aromatic N) is 2. The van der Waals surface area contributed by atoms with Crippen LogP contribution in [0.25, 0.3) is 163 Å². The van der Waals surface area contributed by atoms with Gasteiger partial charge in [0.25, 0.3) is 0 Å². The fourth-order valence-corrected chi connectivity index (χ4v) is 16.6. The smallest absolute Gasteiger partial charge is 1.00 e. The second kappa shape index (κ2) is 23.4. The number of benzene rings is 16. The molecular formula is C86H57Br3MgN2O2. The van der Waals surface area contributed by atoms with E-state index in [1.54, 1.807) is 0 Å². The van der Waals surface area contributed by atoms with Gasteiger partial charge in [0.2, 0.25) is 0 Å². The number of rotatable bonds is 4. The minimum atomic E-state index is -0.363. The fraction of sp³-hybridized carbons (Fsp3) is 0.0465. The van der Waals surface area contributed by atoms with Gasteiger partial charge in [-0.05, 0) is 171 Å². The predicted octanol–water partition coefficient (Wildman–Crippen LogP) is 21.2. The molecule has 1 aliphatic carbocycles. The van der Waals surface area contributed by atoms with Crippen molar-refractivity contribution in [2.45, 2.75) is 19.3 Å². The predicted molar refractivity (Wildman–Crippen MR) is 404 cm³/mol. The van der Waals surface area contributed by atoms with Crippen molar-refractivity contribution in [1.29, 1.82) is 0 Å². The molecule has 0 N–H and O–H groups in total. The molecule has 8 heteroatoms. The molecule has 0 aliphatic heterocycles. The Morgan fingerprint density at radius 1 is 0.351 bits per heavy atom. The molecule has 0 fully saturated rings. The molecule has 0 bridgehead atoms. The number of ether oxygens (including phenoxy) is 1. The molecule has 19 rings (SSSR count). The van der Waals surface area contributed by atoms with Gasteiger partial charge >= 0.3 is 29.0 Å². The Balaban J connectivity index is 0.000000150. The molecule has 0 saturated carbocycles. The largest absolute Gasteiger partial charge is 2.00 e. The molecule has 18 aromatic rings. The van der Waals surface area contributed by atoms with Gasteiger partial charge in [0.1, 0.15) is 0 Å². The van der Waals surface area contributed by atoms with Gasteiger partial charge in [0.15, 0.2) is 0 Å². The summed E-state index contributed by atoms with van der Waals surface area (Å²) < 4.78 is 12.1. The first-order chi connectivity index (χ1) is 44.7. The molecule has 2 aromatic heterocycles. The maximum absolute atomic E-state index is 12.9. The molecule has 16 aromatic carbocycles. The van der Waals surface area contributed by atoms with Gasteiger partial charge in [-0.25, -0.2) is 4.79 Å². The summed E-state index contributed by atoms with van der Waals surface area (Å²) in [5.41, 5.74) is 14.7. The average molecular weight is 1410 g/mol. The van der Waals surface area contributed by atoms with Gasteiger partial charge in [0, 0.05) is 68.8 Å². The second-order valence-electron chi connectivity index (χ2n) is 24.7. The van der Waals surface area contributed by atoms with Crippen LogP contribution in [0.5, 0.6) is 0 Å². The van der Waals surface area contributed by atoms with Crippen molar-refractivity contribution in [3.8, 4) is 33.6 Å². The average Bonchev–Trinajstić information content (AvgIpc) is 1.46. The van der Waals surface area contributed by atoms with Gasteiger partial charge in [-0.1, -0.05) is 246 Å². The zero-order valence-electron chi connectivity index (χ0n) is 52.0. The molecule has 0 saturated heterocycles. The summed E-state index contributed by atoms with van der Waals surface area (Å²) in [4.78, 5) is 12.9. The summed E-state index contributed by atoms with van der Waals surface area (Å²) in [6.45, 7) is 4.74. The SMILES string of the molecule is CC1(C)c2cc(Br)ccc2-c2cc3c4c5ccccc5c5c6ccccc6c6ccccc6c5c4n(-c4ccccc4)c3cc21.COC(=O)c1cc(Br)ccc1-c1ccc2c(c1)c1c3ccccc3c3c4ccccc4c4ccccc4c3c1n2-c1ccccc1.[Br-].[CH3-].[Mg+2]. The maximum Gasteiger partial charge on any atom is 2.00 e. The molecular weight excluding hydrogens is 1360 g/mol. The van der Waals surface area contributed by atoms with Gasteiger partial charge in [-0.3, -0.25) is 0 Å². The number of methoxy groups -OCH3 is 1. The first kappa shape index (κ1) is 61.1. The van der Waals surface area contributed by atoms with Crippen LogP contribution in [0, 0.1) is 7.43 Å². The van der Waals surface area contributed by atoms with Crippen LogP contribution in [0.2, 0.25) is 0 Å². The molecule has 94 heavy (non-hydrogen) atoms. The van der Waals surface area contributed by atoms with Gasteiger partial charge in [-0.15, -0.1) is 0 Å². The molecule has 0 spiro atoms. The van der Waals surface area contributed by atoms with Crippen molar-refractivity contribution < 1.29 is 26.5 Å². The summed E-state index contributed by atoms with van der Waals surface area (Å²) in [7, 11) is 1.43. The Hall–Kier alpha value is -9.12. The van der Waals surface area contributed by atoms with Crippen molar-refractivity contribution in [2.75, 3.05) is 7.11 Å². The monoisotopic (exact) mass is 1410 g/mol. The minimum Gasteiger partial charge on any atom is -1.00 e. The third kappa shape index (κ3) is 8.90. The van der Waals surface area contributed by atoms with E-state index in [4.69, 9.17) is 4.74 Å². The van der Waals surface area contributed by atoms with Crippen molar-refractivity contribution in [2.24, 2.45) is 0 Å².